The van der Waals surface area contributed by atoms with Crippen molar-refractivity contribution < 1.29 is 9.21 Å². The van der Waals surface area contributed by atoms with E-state index in [1.165, 1.54) is 4.57 Å². The number of hydrogen-bond acceptors (Lipinski definition) is 5. The zero-order valence-corrected chi connectivity index (χ0v) is 16.1. The van der Waals surface area contributed by atoms with Gasteiger partial charge in [-0.2, -0.15) is 0 Å². The van der Waals surface area contributed by atoms with E-state index in [1.807, 2.05) is 31.2 Å². The van der Waals surface area contributed by atoms with Crippen LogP contribution in [-0.4, -0.2) is 66.1 Å². The first-order chi connectivity index (χ1) is 13.0. The van der Waals surface area contributed by atoms with Crippen molar-refractivity contribution in [2.24, 2.45) is 0 Å². The number of carbonyl (C=O) groups excluding carboxylic acids is 1. The van der Waals surface area contributed by atoms with E-state index in [0.717, 1.165) is 50.4 Å². The number of carbonyl (C=O) groups is 1. The molecular weight excluding hydrogens is 344 g/mol. The molecule has 3 rings (SSSR count). The quantitative estimate of drug-likeness (QED) is 0.790. The second kappa shape index (κ2) is 9.01. The van der Waals surface area contributed by atoms with Gasteiger partial charge >= 0.3 is 5.76 Å². The summed E-state index contributed by atoms with van der Waals surface area (Å²) in [5, 5.41) is 2.89. The summed E-state index contributed by atoms with van der Waals surface area (Å²) in [5.74, 6) is -0.224. The van der Waals surface area contributed by atoms with Gasteiger partial charge in [0.05, 0.1) is 6.20 Å². The predicted octanol–water partition coefficient (Wildman–Crippen LogP) is 1.17. The first-order valence-corrected chi connectivity index (χ1v) is 9.54. The minimum absolute atomic E-state index is 0.0300. The Hall–Kier alpha value is -2.38. The van der Waals surface area contributed by atoms with Crippen LogP contribution in [0.4, 0.5) is 0 Å². The Labute approximate surface area is 159 Å². The molecule has 2 heterocycles. The number of rotatable bonds is 7. The molecule has 7 nitrogen and oxygen atoms in total. The molecule has 0 atom stereocenters. The first-order valence-electron chi connectivity index (χ1n) is 9.54. The molecule has 1 fully saturated rings. The van der Waals surface area contributed by atoms with E-state index >= 15 is 0 Å². The van der Waals surface area contributed by atoms with Crippen LogP contribution in [0.2, 0.25) is 0 Å². The zero-order chi connectivity index (χ0) is 19.2. The normalized spacial score (nSPS) is 15.8. The fraction of sp³-hybridized carbons (Fsp3) is 0.500. The van der Waals surface area contributed by atoms with Crippen molar-refractivity contribution in [3.63, 3.8) is 0 Å². The van der Waals surface area contributed by atoms with Gasteiger partial charge in [0.1, 0.15) is 6.54 Å². The molecule has 146 valence electrons. The second-order valence-corrected chi connectivity index (χ2v) is 6.98. The molecule has 1 aromatic heterocycles. The van der Waals surface area contributed by atoms with Gasteiger partial charge in [-0.1, -0.05) is 36.8 Å². The standard InChI is InChI=1S/C20H28N4O3/c1-3-22-10-12-23(13-11-22)9-8-21-19(25)15-24-14-18(27-20(24)26)17-6-4-16(2)5-7-17/h4-7,14H,3,8-13,15H2,1-2H3,(H,21,25). The molecule has 2 aromatic rings. The number of hydrogen-bond donors (Lipinski definition) is 1. The minimum Gasteiger partial charge on any atom is -0.408 e. The smallest absolute Gasteiger partial charge is 0.408 e. The predicted molar refractivity (Wildman–Crippen MR) is 105 cm³/mol. The molecule has 0 bridgehead atoms. The maximum Gasteiger partial charge on any atom is 0.419 e. The number of aryl methyl sites for hydroxylation is 1. The van der Waals surface area contributed by atoms with Gasteiger partial charge in [-0.25, -0.2) is 4.79 Å². The van der Waals surface area contributed by atoms with Gasteiger partial charge in [0.25, 0.3) is 0 Å². The van der Waals surface area contributed by atoms with Crippen molar-refractivity contribution in [3.8, 4) is 11.3 Å². The maximum absolute atomic E-state index is 12.2. The minimum atomic E-state index is -0.517. The Morgan fingerprint density at radius 1 is 1.11 bits per heavy atom. The molecule has 1 aromatic carbocycles. The molecule has 1 aliphatic heterocycles. The maximum atomic E-state index is 12.2. The van der Waals surface area contributed by atoms with Gasteiger partial charge in [-0.3, -0.25) is 14.3 Å². The number of nitrogens with zero attached hydrogens (tertiary/aromatic N) is 3. The number of benzene rings is 1. The van der Waals surface area contributed by atoms with Gasteiger partial charge in [-0.15, -0.1) is 0 Å². The number of nitrogens with one attached hydrogen (secondary N) is 1. The lowest BCUT2D eigenvalue weighted by Gasteiger charge is -2.33. The Kier molecular flexibility index (Phi) is 6.47. The van der Waals surface area contributed by atoms with Crippen LogP contribution in [0.1, 0.15) is 12.5 Å². The number of oxazole rings is 1. The van der Waals surface area contributed by atoms with E-state index in [-0.39, 0.29) is 12.5 Å². The summed E-state index contributed by atoms with van der Waals surface area (Å²) < 4.78 is 6.59. The average Bonchev–Trinajstić information content (AvgIpc) is 3.03. The Morgan fingerprint density at radius 3 is 2.44 bits per heavy atom. The van der Waals surface area contributed by atoms with Crippen LogP contribution in [0, 0.1) is 6.92 Å². The van der Waals surface area contributed by atoms with Crippen LogP contribution in [0.5, 0.6) is 0 Å². The van der Waals surface area contributed by atoms with Crippen LogP contribution in [0.25, 0.3) is 11.3 Å². The first kappa shape index (κ1) is 19.4. The molecule has 1 aliphatic rings. The van der Waals surface area contributed by atoms with Crippen molar-refractivity contribution in [1.29, 1.82) is 0 Å². The van der Waals surface area contributed by atoms with E-state index in [9.17, 15) is 9.59 Å². The molecule has 1 amide bonds. The zero-order valence-electron chi connectivity index (χ0n) is 16.1. The van der Waals surface area contributed by atoms with Gasteiger partial charge < -0.3 is 14.6 Å². The fourth-order valence-electron chi connectivity index (χ4n) is 3.23. The molecule has 27 heavy (non-hydrogen) atoms. The molecule has 0 saturated carbocycles. The highest BCUT2D eigenvalue weighted by molar-refractivity contribution is 5.75. The molecule has 1 N–H and O–H groups in total. The van der Waals surface area contributed by atoms with Crippen LogP contribution < -0.4 is 11.1 Å². The summed E-state index contributed by atoms with van der Waals surface area (Å²) in [6, 6.07) is 7.71. The van der Waals surface area contributed by atoms with Crippen LogP contribution in [0.3, 0.4) is 0 Å². The van der Waals surface area contributed by atoms with E-state index in [1.54, 1.807) is 6.20 Å². The summed E-state index contributed by atoms with van der Waals surface area (Å²) in [6.07, 6.45) is 1.59. The Bertz CT molecular complexity index is 801. The number of amides is 1. The molecule has 0 unspecified atom stereocenters. The molecule has 0 spiro atoms. The van der Waals surface area contributed by atoms with E-state index < -0.39 is 5.76 Å². The van der Waals surface area contributed by atoms with Crippen molar-refractivity contribution in [2.45, 2.75) is 20.4 Å². The van der Waals surface area contributed by atoms with Crippen LogP contribution in [-0.2, 0) is 11.3 Å². The van der Waals surface area contributed by atoms with Gasteiger partial charge in [0.15, 0.2) is 5.76 Å². The number of aromatic nitrogens is 1. The number of likely N-dealkylation sites (N-methyl/N-ethyl adjacent to an activating group) is 1. The largest absolute Gasteiger partial charge is 0.419 e. The summed E-state index contributed by atoms with van der Waals surface area (Å²) in [4.78, 5) is 28.9. The van der Waals surface area contributed by atoms with Crippen molar-refractivity contribution in [3.05, 3.63) is 46.6 Å². The monoisotopic (exact) mass is 372 g/mol. The Balaban J connectivity index is 1.47. The SMILES string of the molecule is CCN1CCN(CCNC(=O)Cn2cc(-c3ccc(C)cc3)oc2=O)CC1. The lowest BCUT2D eigenvalue weighted by molar-refractivity contribution is -0.121. The third-order valence-corrected chi connectivity index (χ3v) is 5.02. The third-order valence-electron chi connectivity index (χ3n) is 5.02. The molecule has 7 heteroatoms. The van der Waals surface area contributed by atoms with E-state index in [0.29, 0.717) is 12.3 Å². The molecular formula is C20H28N4O3. The molecule has 0 radical (unpaired) electrons. The lowest BCUT2D eigenvalue weighted by atomic mass is 10.1. The van der Waals surface area contributed by atoms with Crippen LogP contribution in [0.15, 0.2) is 39.7 Å². The van der Waals surface area contributed by atoms with Crippen LogP contribution >= 0.6 is 0 Å². The summed E-state index contributed by atoms with van der Waals surface area (Å²) >= 11 is 0. The number of piperazine rings is 1. The highest BCUT2D eigenvalue weighted by Crippen LogP contribution is 2.18. The van der Waals surface area contributed by atoms with E-state index in [4.69, 9.17) is 4.42 Å². The topological polar surface area (TPSA) is 70.7 Å². The summed E-state index contributed by atoms with van der Waals surface area (Å²) in [7, 11) is 0. The van der Waals surface area contributed by atoms with Crippen molar-refractivity contribution in [1.82, 2.24) is 19.7 Å². The highest BCUT2D eigenvalue weighted by atomic mass is 16.4. The third kappa shape index (κ3) is 5.30. The van der Waals surface area contributed by atoms with Gasteiger partial charge in [-0.05, 0) is 13.5 Å². The molecule has 0 aliphatic carbocycles. The van der Waals surface area contributed by atoms with Crippen molar-refractivity contribution in [2.75, 3.05) is 45.8 Å². The summed E-state index contributed by atoms with van der Waals surface area (Å²) in [5.41, 5.74) is 1.96. The molecule has 1 saturated heterocycles. The lowest BCUT2D eigenvalue weighted by Crippen LogP contribution is -2.48. The summed E-state index contributed by atoms with van der Waals surface area (Å²) in [6.45, 7) is 10.9. The highest BCUT2D eigenvalue weighted by Gasteiger charge is 2.15. The van der Waals surface area contributed by atoms with Gasteiger partial charge in [0, 0.05) is 44.8 Å². The van der Waals surface area contributed by atoms with Crippen molar-refractivity contribution >= 4 is 5.91 Å². The Morgan fingerprint density at radius 2 is 1.78 bits per heavy atom. The fourth-order valence-corrected chi connectivity index (χ4v) is 3.23. The van der Waals surface area contributed by atoms with E-state index in [2.05, 4.69) is 22.0 Å². The van der Waals surface area contributed by atoms with Gasteiger partial charge in [0.2, 0.25) is 5.91 Å². The second-order valence-electron chi connectivity index (χ2n) is 6.98. The average molecular weight is 372 g/mol.